The Morgan fingerprint density at radius 1 is 1.11 bits per heavy atom. The molecule has 0 bridgehead atoms. The van der Waals surface area contributed by atoms with E-state index in [9.17, 15) is 13.2 Å². The van der Waals surface area contributed by atoms with Crippen LogP contribution >= 0.6 is 0 Å². The average molecular weight is 410 g/mol. The van der Waals surface area contributed by atoms with Crippen molar-refractivity contribution in [3.05, 3.63) is 11.6 Å². The van der Waals surface area contributed by atoms with E-state index in [2.05, 4.69) is 19.9 Å². The number of carbonyl (C=O) groups is 1. The van der Waals surface area contributed by atoms with Crippen LogP contribution in [0.1, 0.15) is 65.2 Å². The van der Waals surface area contributed by atoms with Crippen molar-refractivity contribution < 1.29 is 27.4 Å². The van der Waals surface area contributed by atoms with Gasteiger partial charge in [0.15, 0.2) is 0 Å². The number of carbonyl (C=O) groups excluding carboxylic acids is 1. The predicted molar refractivity (Wildman–Crippen MR) is 102 cm³/mol. The Bertz CT molecular complexity index is 734. The van der Waals surface area contributed by atoms with Gasteiger partial charge in [0.1, 0.15) is 5.78 Å². The Morgan fingerprint density at radius 2 is 1.74 bits per heavy atom. The van der Waals surface area contributed by atoms with Gasteiger partial charge >= 0.3 is 10.4 Å². The first-order valence-electron chi connectivity index (χ1n) is 9.52. The molecule has 0 aromatic carbocycles. The summed E-state index contributed by atoms with van der Waals surface area (Å²) in [5.41, 5.74) is 1.25. The van der Waals surface area contributed by atoms with Gasteiger partial charge in [-0.3, -0.25) is 9.35 Å². The molecule has 0 spiro atoms. The number of ketones is 1. The van der Waals surface area contributed by atoms with Gasteiger partial charge in [-0.25, -0.2) is 4.18 Å². The molecule has 1 radical (unpaired) electrons. The normalized spacial score (nSPS) is 43.4. The van der Waals surface area contributed by atoms with E-state index in [0.29, 0.717) is 36.4 Å². The van der Waals surface area contributed by atoms with Crippen molar-refractivity contribution in [1.82, 2.24) is 0 Å². The molecule has 3 fully saturated rings. The maximum atomic E-state index is 12.4. The zero-order chi connectivity index (χ0) is 18.0. The quantitative estimate of drug-likeness (QED) is 0.428. The Labute approximate surface area is 184 Å². The molecule has 0 aromatic rings. The van der Waals surface area contributed by atoms with Crippen LogP contribution in [0.5, 0.6) is 0 Å². The molecule has 149 valence electrons. The second-order valence-electron chi connectivity index (χ2n) is 9.07. The minimum absolute atomic E-state index is 0. The van der Waals surface area contributed by atoms with E-state index in [0.717, 1.165) is 38.5 Å². The SMILES string of the molecule is CC12CCC3C(CC=C4CC(OS(=O)(=O)O)CCC43C)C1CCC2=O.O.[Na]. The summed E-state index contributed by atoms with van der Waals surface area (Å²) < 4.78 is 35.9. The fraction of sp³-hybridized carbons (Fsp3) is 0.842. The summed E-state index contributed by atoms with van der Waals surface area (Å²) in [6.07, 6.45) is 8.79. The molecule has 3 saturated carbocycles. The molecule has 0 amide bonds. The van der Waals surface area contributed by atoms with Crippen molar-refractivity contribution in [2.24, 2.45) is 28.6 Å². The zero-order valence-electron chi connectivity index (χ0n) is 16.5. The first-order chi connectivity index (χ1) is 11.6. The van der Waals surface area contributed by atoms with Crippen LogP contribution in [0.2, 0.25) is 0 Å². The Balaban J connectivity index is 0.00000131. The van der Waals surface area contributed by atoms with Crippen LogP contribution in [0.15, 0.2) is 11.6 Å². The first-order valence-corrected chi connectivity index (χ1v) is 10.9. The summed E-state index contributed by atoms with van der Waals surface area (Å²) in [7, 11) is -4.40. The van der Waals surface area contributed by atoms with Crippen LogP contribution in [0, 0.1) is 28.6 Å². The van der Waals surface area contributed by atoms with Gasteiger partial charge in [0.25, 0.3) is 0 Å². The molecule has 0 aromatic heterocycles. The second-order valence-corrected chi connectivity index (χ2v) is 10.1. The van der Waals surface area contributed by atoms with Crippen molar-refractivity contribution in [2.75, 3.05) is 0 Å². The smallest absolute Gasteiger partial charge is 0.397 e. The molecule has 4 aliphatic rings. The zero-order valence-corrected chi connectivity index (χ0v) is 19.3. The van der Waals surface area contributed by atoms with Crippen molar-refractivity contribution in [3.8, 4) is 0 Å². The van der Waals surface area contributed by atoms with Crippen molar-refractivity contribution in [2.45, 2.75) is 71.3 Å². The van der Waals surface area contributed by atoms with E-state index in [1.165, 1.54) is 5.57 Å². The maximum absolute atomic E-state index is 12.4. The van der Waals surface area contributed by atoms with Crippen molar-refractivity contribution in [3.63, 3.8) is 0 Å². The largest absolute Gasteiger partial charge is 0.412 e. The second kappa shape index (κ2) is 7.82. The van der Waals surface area contributed by atoms with Gasteiger partial charge < -0.3 is 5.48 Å². The molecule has 6 atom stereocenters. The number of fused-ring (bicyclic) bond motifs is 5. The van der Waals surface area contributed by atoms with Crippen molar-refractivity contribution >= 4 is 45.7 Å². The van der Waals surface area contributed by atoms with E-state index in [1.54, 1.807) is 0 Å². The number of Topliss-reactive ketones (excluding diaryl/α,β-unsaturated/α-hetero) is 1. The molecule has 3 N–H and O–H groups in total. The maximum Gasteiger partial charge on any atom is 0.397 e. The average Bonchev–Trinajstić information content (AvgIpc) is 2.82. The van der Waals surface area contributed by atoms with Crippen LogP contribution in [-0.2, 0) is 19.4 Å². The van der Waals surface area contributed by atoms with Gasteiger partial charge in [0.05, 0.1) is 6.10 Å². The van der Waals surface area contributed by atoms with Gasteiger partial charge in [-0.2, -0.15) is 8.42 Å². The van der Waals surface area contributed by atoms with E-state index in [1.807, 2.05) is 0 Å². The number of allylic oxidation sites excluding steroid dienone is 1. The number of hydrogen-bond acceptors (Lipinski definition) is 4. The third kappa shape index (κ3) is 3.86. The summed E-state index contributed by atoms with van der Waals surface area (Å²) >= 11 is 0. The minimum Gasteiger partial charge on any atom is -0.412 e. The van der Waals surface area contributed by atoms with Gasteiger partial charge in [-0.15, -0.1) is 0 Å². The molecule has 8 heteroatoms. The van der Waals surface area contributed by atoms with Crippen LogP contribution in [0.4, 0.5) is 0 Å². The molecular weight excluding hydrogens is 379 g/mol. The molecule has 0 aliphatic heterocycles. The third-order valence-corrected chi connectivity index (χ3v) is 8.54. The van der Waals surface area contributed by atoms with Crippen LogP contribution in [-0.4, -0.2) is 59.9 Å². The van der Waals surface area contributed by atoms with Gasteiger partial charge in [0, 0.05) is 41.4 Å². The number of rotatable bonds is 2. The van der Waals surface area contributed by atoms with Gasteiger partial charge in [0.2, 0.25) is 0 Å². The molecule has 6 unspecified atom stereocenters. The fourth-order valence-corrected chi connectivity index (χ4v) is 7.16. The van der Waals surface area contributed by atoms with Crippen LogP contribution in [0.3, 0.4) is 0 Å². The summed E-state index contributed by atoms with van der Waals surface area (Å²) in [6.45, 7) is 4.50. The molecular formula is C19H30NaO6S. The van der Waals surface area contributed by atoms with E-state index in [-0.39, 0.29) is 45.9 Å². The van der Waals surface area contributed by atoms with Gasteiger partial charge in [-0.05, 0) is 68.1 Å². The van der Waals surface area contributed by atoms with Crippen molar-refractivity contribution in [1.29, 1.82) is 0 Å². The minimum atomic E-state index is -4.40. The third-order valence-electron chi connectivity index (χ3n) is 8.03. The fourth-order valence-electron chi connectivity index (χ4n) is 6.65. The molecule has 27 heavy (non-hydrogen) atoms. The summed E-state index contributed by atoms with van der Waals surface area (Å²) in [4.78, 5) is 12.4. The molecule has 4 rings (SSSR count). The summed E-state index contributed by atoms with van der Waals surface area (Å²) in [6, 6.07) is 0. The van der Waals surface area contributed by atoms with Crippen LogP contribution < -0.4 is 0 Å². The summed E-state index contributed by atoms with van der Waals surface area (Å²) in [5, 5.41) is 0. The molecule has 6 nitrogen and oxygen atoms in total. The molecule has 4 aliphatic carbocycles. The number of hydrogen-bond donors (Lipinski definition) is 1. The van der Waals surface area contributed by atoms with E-state index in [4.69, 9.17) is 8.74 Å². The van der Waals surface area contributed by atoms with E-state index < -0.39 is 16.5 Å². The molecule has 0 heterocycles. The first kappa shape index (κ1) is 23.5. The predicted octanol–water partition coefficient (Wildman–Crippen LogP) is 2.50. The Hall–Kier alpha value is 0.240. The Morgan fingerprint density at radius 3 is 2.41 bits per heavy atom. The monoisotopic (exact) mass is 409 g/mol. The van der Waals surface area contributed by atoms with Gasteiger partial charge in [-0.1, -0.05) is 25.5 Å². The Kier molecular flexibility index (Phi) is 6.81. The molecule has 0 saturated heterocycles. The standard InChI is InChI=1S/C19H28O5S.Na.H2O/c1-18-9-7-13(24-25(21,22)23)11-12(18)3-4-14-15-5-6-17(20)19(15,2)10-8-16(14)18;;/h3,13-16H,4-11H2,1-2H3,(H,21,22,23);;1H2. The van der Waals surface area contributed by atoms with E-state index >= 15 is 0 Å². The summed E-state index contributed by atoms with van der Waals surface area (Å²) in [5.74, 6) is 2.10. The van der Waals surface area contributed by atoms with Crippen LogP contribution in [0.25, 0.3) is 0 Å². The topological polar surface area (TPSA) is 112 Å².